The Bertz CT molecular complexity index is 336. The number of hydrogen-bond donors (Lipinski definition) is 2. The van der Waals surface area contributed by atoms with Crippen LogP contribution in [0.2, 0.25) is 0 Å². The van der Waals surface area contributed by atoms with Crippen molar-refractivity contribution in [1.29, 1.82) is 0 Å². The van der Waals surface area contributed by atoms with Crippen LogP contribution in [-0.2, 0) is 0 Å². The lowest BCUT2D eigenvalue weighted by molar-refractivity contribution is 0.136. The summed E-state index contributed by atoms with van der Waals surface area (Å²) in [6.45, 7) is 13.7. The second-order valence-corrected chi connectivity index (χ2v) is 6.87. The number of halogens is 1. The molecule has 6 heteroatoms. The Morgan fingerprint density at radius 1 is 1.00 bits per heavy atom. The summed E-state index contributed by atoms with van der Waals surface area (Å²) >= 11 is 0. The lowest BCUT2D eigenvalue weighted by Crippen LogP contribution is -2.46. The molecule has 0 bridgehead atoms. The van der Waals surface area contributed by atoms with Crippen LogP contribution in [0.4, 0.5) is 0 Å². The molecule has 1 saturated heterocycles. The van der Waals surface area contributed by atoms with E-state index in [0.29, 0.717) is 6.04 Å². The van der Waals surface area contributed by atoms with Crippen molar-refractivity contribution in [3.63, 3.8) is 0 Å². The Hall–Kier alpha value is -0.0800. The zero-order chi connectivity index (χ0) is 16.3. The third-order valence-corrected chi connectivity index (χ3v) is 5.10. The maximum absolute atomic E-state index is 4.75. The maximum Gasteiger partial charge on any atom is 0.191 e. The molecule has 0 spiro atoms. The molecule has 2 fully saturated rings. The van der Waals surface area contributed by atoms with Crippen molar-refractivity contribution >= 4 is 29.9 Å². The molecule has 2 rings (SSSR count). The third-order valence-electron chi connectivity index (χ3n) is 5.10. The van der Waals surface area contributed by atoms with E-state index in [4.69, 9.17) is 4.99 Å². The van der Waals surface area contributed by atoms with Gasteiger partial charge in [0.05, 0.1) is 0 Å². The fourth-order valence-corrected chi connectivity index (χ4v) is 3.55. The standard InChI is InChI=1S/C18H37N5.HI/c1-3-19-18(21-17-9-5-6-10-17)20-11-7-8-12-23-15-13-22(4-2)14-16-23;/h17H,3-16H2,1-2H3,(H2,19,20,21);1H. The second-order valence-electron chi connectivity index (χ2n) is 6.87. The van der Waals surface area contributed by atoms with Gasteiger partial charge >= 0.3 is 0 Å². The lowest BCUT2D eigenvalue weighted by Gasteiger charge is -2.33. The van der Waals surface area contributed by atoms with E-state index in [9.17, 15) is 0 Å². The Morgan fingerprint density at radius 3 is 2.29 bits per heavy atom. The molecule has 0 aromatic carbocycles. The molecule has 0 unspecified atom stereocenters. The van der Waals surface area contributed by atoms with Crippen molar-refractivity contribution < 1.29 is 0 Å². The molecule has 0 atom stereocenters. The Labute approximate surface area is 166 Å². The summed E-state index contributed by atoms with van der Waals surface area (Å²) in [5.74, 6) is 1.02. The van der Waals surface area contributed by atoms with E-state index in [-0.39, 0.29) is 24.0 Å². The number of piperazine rings is 1. The highest BCUT2D eigenvalue weighted by atomic mass is 127. The number of guanidine groups is 1. The zero-order valence-electron chi connectivity index (χ0n) is 15.7. The van der Waals surface area contributed by atoms with Gasteiger partial charge in [-0.05, 0) is 45.7 Å². The van der Waals surface area contributed by atoms with Gasteiger partial charge in [-0.3, -0.25) is 4.99 Å². The fourth-order valence-electron chi connectivity index (χ4n) is 3.55. The Balaban J connectivity index is 0.00000288. The number of nitrogens with zero attached hydrogens (tertiary/aromatic N) is 3. The van der Waals surface area contributed by atoms with Crippen LogP contribution in [0.5, 0.6) is 0 Å². The van der Waals surface area contributed by atoms with Crippen LogP contribution >= 0.6 is 24.0 Å². The molecule has 142 valence electrons. The van der Waals surface area contributed by atoms with Crippen molar-refractivity contribution in [2.75, 3.05) is 52.4 Å². The van der Waals surface area contributed by atoms with Gasteiger partial charge in [0.15, 0.2) is 5.96 Å². The van der Waals surface area contributed by atoms with Crippen LogP contribution in [0.25, 0.3) is 0 Å². The van der Waals surface area contributed by atoms with Crippen molar-refractivity contribution in [2.45, 2.75) is 58.4 Å². The van der Waals surface area contributed by atoms with Gasteiger partial charge in [-0.15, -0.1) is 24.0 Å². The van der Waals surface area contributed by atoms with Gasteiger partial charge in [0.25, 0.3) is 0 Å². The van der Waals surface area contributed by atoms with E-state index in [1.54, 1.807) is 0 Å². The van der Waals surface area contributed by atoms with Crippen LogP contribution < -0.4 is 10.6 Å². The average Bonchev–Trinajstić information content (AvgIpc) is 3.08. The molecule has 2 aliphatic rings. The average molecular weight is 451 g/mol. The van der Waals surface area contributed by atoms with Gasteiger partial charge in [-0.1, -0.05) is 19.8 Å². The molecule has 1 aliphatic carbocycles. The van der Waals surface area contributed by atoms with Crippen LogP contribution in [0.15, 0.2) is 4.99 Å². The monoisotopic (exact) mass is 451 g/mol. The number of nitrogens with one attached hydrogen (secondary N) is 2. The molecule has 2 N–H and O–H groups in total. The summed E-state index contributed by atoms with van der Waals surface area (Å²) < 4.78 is 0. The van der Waals surface area contributed by atoms with Crippen LogP contribution in [0.1, 0.15) is 52.4 Å². The highest BCUT2D eigenvalue weighted by Crippen LogP contribution is 2.17. The summed E-state index contributed by atoms with van der Waals surface area (Å²) in [6.07, 6.45) is 7.78. The molecule has 0 radical (unpaired) electrons. The number of likely N-dealkylation sites (N-methyl/N-ethyl adjacent to an activating group) is 1. The van der Waals surface area contributed by atoms with Gasteiger partial charge in [-0.25, -0.2) is 0 Å². The summed E-state index contributed by atoms with van der Waals surface area (Å²) in [5, 5.41) is 6.98. The fraction of sp³-hybridized carbons (Fsp3) is 0.944. The predicted octanol–water partition coefficient (Wildman–Crippen LogP) is 2.52. The first-order chi connectivity index (χ1) is 11.3. The molecule has 0 amide bonds. The largest absolute Gasteiger partial charge is 0.357 e. The van der Waals surface area contributed by atoms with E-state index in [2.05, 4.69) is 34.3 Å². The first kappa shape index (κ1) is 22.0. The Morgan fingerprint density at radius 2 is 1.67 bits per heavy atom. The quantitative estimate of drug-likeness (QED) is 0.258. The molecule has 5 nitrogen and oxygen atoms in total. The maximum atomic E-state index is 4.75. The first-order valence-electron chi connectivity index (χ1n) is 9.81. The van der Waals surface area contributed by atoms with Gasteiger partial charge in [0, 0.05) is 45.3 Å². The Kier molecular flexibility index (Phi) is 12.0. The van der Waals surface area contributed by atoms with Crippen molar-refractivity contribution in [3.8, 4) is 0 Å². The normalized spacial score (nSPS) is 20.8. The van der Waals surface area contributed by atoms with E-state index in [0.717, 1.165) is 19.0 Å². The SMILES string of the molecule is CCNC(=NCCCCN1CCN(CC)CC1)NC1CCCC1.I. The summed E-state index contributed by atoms with van der Waals surface area (Å²) in [4.78, 5) is 9.90. The second kappa shape index (κ2) is 13.2. The van der Waals surface area contributed by atoms with Crippen molar-refractivity contribution in [2.24, 2.45) is 4.99 Å². The molecule has 24 heavy (non-hydrogen) atoms. The highest BCUT2D eigenvalue weighted by molar-refractivity contribution is 14.0. The number of hydrogen-bond acceptors (Lipinski definition) is 3. The van der Waals surface area contributed by atoms with E-state index in [1.807, 2.05) is 0 Å². The van der Waals surface area contributed by atoms with Gasteiger partial charge in [0.1, 0.15) is 0 Å². The molecule has 0 aromatic heterocycles. The van der Waals surface area contributed by atoms with E-state index in [1.165, 1.54) is 77.8 Å². The third kappa shape index (κ3) is 8.34. The summed E-state index contributed by atoms with van der Waals surface area (Å²) in [6, 6.07) is 0.641. The van der Waals surface area contributed by atoms with Crippen LogP contribution in [-0.4, -0.2) is 74.2 Å². The zero-order valence-corrected chi connectivity index (χ0v) is 18.1. The van der Waals surface area contributed by atoms with Crippen LogP contribution in [0, 0.1) is 0 Å². The molecule has 1 heterocycles. The molecular formula is C18H38IN5. The number of aliphatic imine (C=N–C) groups is 1. The summed E-state index contributed by atoms with van der Waals surface area (Å²) in [7, 11) is 0. The van der Waals surface area contributed by atoms with Crippen LogP contribution in [0.3, 0.4) is 0 Å². The van der Waals surface area contributed by atoms with Gasteiger partial charge in [0.2, 0.25) is 0 Å². The van der Waals surface area contributed by atoms with E-state index < -0.39 is 0 Å². The molecule has 0 aromatic rings. The number of rotatable bonds is 8. The smallest absolute Gasteiger partial charge is 0.191 e. The first-order valence-corrected chi connectivity index (χ1v) is 9.81. The lowest BCUT2D eigenvalue weighted by atomic mass is 10.2. The van der Waals surface area contributed by atoms with Crippen molar-refractivity contribution in [1.82, 2.24) is 20.4 Å². The topological polar surface area (TPSA) is 42.9 Å². The van der Waals surface area contributed by atoms with E-state index >= 15 is 0 Å². The minimum absolute atomic E-state index is 0. The predicted molar refractivity (Wildman–Crippen MR) is 115 cm³/mol. The minimum atomic E-state index is 0. The molecule has 1 saturated carbocycles. The number of unbranched alkanes of at least 4 members (excludes halogenated alkanes) is 1. The van der Waals surface area contributed by atoms with Crippen molar-refractivity contribution in [3.05, 3.63) is 0 Å². The minimum Gasteiger partial charge on any atom is -0.357 e. The summed E-state index contributed by atoms with van der Waals surface area (Å²) in [5.41, 5.74) is 0. The molecular weight excluding hydrogens is 413 g/mol. The van der Waals surface area contributed by atoms with Gasteiger partial charge < -0.3 is 20.4 Å². The highest BCUT2D eigenvalue weighted by Gasteiger charge is 2.16. The molecule has 1 aliphatic heterocycles. The van der Waals surface area contributed by atoms with Gasteiger partial charge in [-0.2, -0.15) is 0 Å².